The van der Waals surface area contributed by atoms with Crippen LogP contribution in [-0.4, -0.2) is 36.0 Å². The Morgan fingerprint density at radius 2 is 2.33 bits per heavy atom. The second-order valence-corrected chi connectivity index (χ2v) is 4.30. The van der Waals surface area contributed by atoms with E-state index < -0.39 is 17.2 Å². The number of hydrogen-bond donors (Lipinski definition) is 1. The first-order chi connectivity index (χ1) is 6.91. The molecule has 86 valence electrons. The van der Waals surface area contributed by atoms with Crippen molar-refractivity contribution in [2.45, 2.75) is 31.5 Å². The molecule has 3 atom stereocenters. The van der Waals surface area contributed by atoms with Crippen LogP contribution in [0.4, 0.5) is 0 Å². The van der Waals surface area contributed by atoms with Gasteiger partial charge in [0.15, 0.2) is 5.60 Å². The van der Waals surface area contributed by atoms with Crippen molar-refractivity contribution in [3.05, 3.63) is 12.7 Å². The van der Waals surface area contributed by atoms with Gasteiger partial charge in [0.1, 0.15) is 0 Å². The summed E-state index contributed by atoms with van der Waals surface area (Å²) in [6, 6.07) is 0. The minimum absolute atomic E-state index is 0.102. The summed E-state index contributed by atoms with van der Waals surface area (Å²) in [7, 11) is 1.31. The highest BCUT2D eigenvalue weighted by Gasteiger charge is 2.54. The first kappa shape index (κ1) is 12.2. The third-order valence-corrected chi connectivity index (χ3v) is 3.12. The Balaban J connectivity index is 2.98. The fraction of sp³-hybridized carbons (Fsp3) is 0.727. The summed E-state index contributed by atoms with van der Waals surface area (Å²) in [5.74, 6) is -0.708. The third kappa shape index (κ3) is 1.92. The molecule has 1 heterocycles. The Kier molecular flexibility index (Phi) is 3.21. The first-order valence-electron chi connectivity index (χ1n) is 4.95. The van der Waals surface area contributed by atoms with Gasteiger partial charge in [0.05, 0.1) is 12.7 Å². The normalized spacial score (nSPS) is 40.1. The summed E-state index contributed by atoms with van der Waals surface area (Å²) in [5, 5.41) is 9.25. The molecule has 1 rings (SSSR count). The highest BCUT2D eigenvalue weighted by atomic mass is 16.6. The van der Waals surface area contributed by atoms with Crippen LogP contribution in [0, 0.1) is 5.92 Å². The van der Waals surface area contributed by atoms with E-state index in [0.29, 0.717) is 6.42 Å². The van der Waals surface area contributed by atoms with Gasteiger partial charge in [-0.15, -0.1) is 6.58 Å². The Morgan fingerprint density at radius 1 is 1.73 bits per heavy atom. The van der Waals surface area contributed by atoms with Gasteiger partial charge in [-0.25, -0.2) is 4.79 Å². The quantitative estimate of drug-likeness (QED) is 0.560. The molecule has 0 aliphatic carbocycles. The molecule has 1 aliphatic rings. The summed E-state index contributed by atoms with van der Waals surface area (Å²) >= 11 is 0. The first-order valence-corrected chi connectivity index (χ1v) is 4.95. The van der Waals surface area contributed by atoms with Crippen molar-refractivity contribution in [1.29, 1.82) is 0 Å². The number of aliphatic hydroxyl groups is 1. The smallest absolute Gasteiger partial charge is 0.338 e. The number of carbonyl (C=O) groups excluding carboxylic acids is 1. The van der Waals surface area contributed by atoms with Crippen molar-refractivity contribution in [3.8, 4) is 0 Å². The van der Waals surface area contributed by atoms with E-state index in [0.717, 1.165) is 0 Å². The van der Waals surface area contributed by atoms with Gasteiger partial charge >= 0.3 is 5.97 Å². The number of carbonyl (C=O) groups is 1. The molecule has 1 fully saturated rings. The molecule has 4 heteroatoms. The number of aliphatic hydroxyl groups excluding tert-OH is 1. The molecule has 1 saturated heterocycles. The zero-order valence-electron chi connectivity index (χ0n) is 9.45. The van der Waals surface area contributed by atoms with Gasteiger partial charge in [-0.05, 0) is 20.3 Å². The highest BCUT2D eigenvalue weighted by molar-refractivity contribution is 5.80. The summed E-state index contributed by atoms with van der Waals surface area (Å²) in [6.07, 6.45) is 2.22. The van der Waals surface area contributed by atoms with Crippen LogP contribution in [-0.2, 0) is 14.3 Å². The van der Waals surface area contributed by atoms with Gasteiger partial charge in [0, 0.05) is 12.5 Å². The largest absolute Gasteiger partial charge is 0.467 e. The molecule has 0 spiro atoms. The van der Waals surface area contributed by atoms with Gasteiger partial charge in [-0.3, -0.25) is 0 Å². The van der Waals surface area contributed by atoms with E-state index >= 15 is 0 Å². The van der Waals surface area contributed by atoms with E-state index in [1.165, 1.54) is 7.11 Å². The zero-order valence-corrected chi connectivity index (χ0v) is 9.45. The number of rotatable bonds is 3. The highest BCUT2D eigenvalue weighted by Crippen LogP contribution is 2.43. The summed E-state index contributed by atoms with van der Waals surface area (Å²) < 4.78 is 10.4. The molecule has 0 saturated carbocycles. The number of ether oxygens (including phenoxy) is 2. The standard InChI is InChI=1S/C11H18O4/c1-5-10(2)6-8(7-12)11(3,15-10)9(13)14-4/h5,8,12H,1,6-7H2,2-4H3/t8-,10-,11-/m0/s1. The van der Waals surface area contributed by atoms with E-state index in [1.54, 1.807) is 13.0 Å². The van der Waals surface area contributed by atoms with Crippen molar-refractivity contribution in [1.82, 2.24) is 0 Å². The lowest BCUT2D eigenvalue weighted by molar-refractivity contribution is -0.174. The molecular weight excluding hydrogens is 196 g/mol. The fourth-order valence-corrected chi connectivity index (χ4v) is 2.07. The minimum atomic E-state index is -1.08. The average Bonchev–Trinajstić information content (AvgIpc) is 2.51. The van der Waals surface area contributed by atoms with Crippen LogP contribution in [0.15, 0.2) is 12.7 Å². The lowest BCUT2D eigenvalue weighted by Crippen LogP contribution is -2.44. The average molecular weight is 214 g/mol. The molecule has 15 heavy (non-hydrogen) atoms. The summed E-state index contributed by atoms with van der Waals surface area (Å²) in [5.41, 5.74) is -1.65. The van der Waals surface area contributed by atoms with Gasteiger partial charge in [0.25, 0.3) is 0 Å². The van der Waals surface area contributed by atoms with Crippen molar-refractivity contribution < 1.29 is 19.4 Å². The third-order valence-electron chi connectivity index (χ3n) is 3.12. The van der Waals surface area contributed by atoms with Crippen LogP contribution in [0.25, 0.3) is 0 Å². The van der Waals surface area contributed by atoms with Crippen LogP contribution in [0.3, 0.4) is 0 Å². The molecule has 0 bridgehead atoms. The van der Waals surface area contributed by atoms with Gasteiger partial charge < -0.3 is 14.6 Å². The van der Waals surface area contributed by atoms with Crippen LogP contribution >= 0.6 is 0 Å². The predicted octanol–water partition coefficient (Wildman–Crippen LogP) is 0.892. The molecule has 0 aromatic carbocycles. The molecule has 0 aromatic rings. The minimum Gasteiger partial charge on any atom is -0.467 e. The van der Waals surface area contributed by atoms with Crippen molar-refractivity contribution >= 4 is 5.97 Å². The maximum atomic E-state index is 11.6. The second-order valence-electron chi connectivity index (χ2n) is 4.30. The van der Waals surface area contributed by atoms with Crippen LogP contribution in [0.5, 0.6) is 0 Å². The summed E-state index contributed by atoms with van der Waals surface area (Å²) in [4.78, 5) is 11.6. The van der Waals surface area contributed by atoms with Crippen molar-refractivity contribution in [2.75, 3.05) is 13.7 Å². The Bertz CT molecular complexity index is 276. The van der Waals surface area contributed by atoms with Gasteiger partial charge in [-0.2, -0.15) is 0 Å². The molecule has 1 aliphatic heterocycles. The van der Waals surface area contributed by atoms with Crippen LogP contribution in [0.1, 0.15) is 20.3 Å². The monoisotopic (exact) mass is 214 g/mol. The lowest BCUT2D eigenvalue weighted by atomic mass is 9.86. The van der Waals surface area contributed by atoms with E-state index in [1.807, 2.05) is 6.92 Å². The number of esters is 1. The van der Waals surface area contributed by atoms with E-state index in [4.69, 9.17) is 9.47 Å². The van der Waals surface area contributed by atoms with Crippen molar-refractivity contribution in [3.63, 3.8) is 0 Å². The zero-order chi connectivity index (χ0) is 11.7. The maximum Gasteiger partial charge on any atom is 0.338 e. The predicted molar refractivity (Wildman–Crippen MR) is 55.3 cm³/mol. The second kappa shape index (κ2) is 3.94. The Labute approximate surface area is 89.9 Å². The Hall–Kier alpha value is -0.870. The van der Waals surface area contributed by atoms with Crippen LogP contribution < -0.4 is 0 Å². The fourth-order valence-electron chi connectivity index (χ4n) is 2.07. The van der Waals surface area contributed by atoms with Gasteiger partial charge in [0.2, 0.25) is 0 Å². The molecule has 0 aromatic heterocycles. The summed E-state index contributed by atoms with van der Waals surface area (Å²) in [6.45, 7) is 7.06. The van der Waals surface area contributed by atoms with Crippen molar-refractivity contribution in [2.24, 2.45) is 5.92 Å². The maximum absolute atomic E-state index is 11.6. The molecule has 1 N–H and O–H groups in total. The van der Waals surface area contributed by atoms with E-state index in [9.17, 15) is 9.90 Å². The van der Waals surface area contributed by atoms with E-state index in [-0.39, 0.29) is 12.5 Å². The molecule has 0 unspecified atom stereocenters. The SMILES string of the molecule is C=C[C@@]1(C)C[C@@H](CO)[C@@](C)(C(=O)OC)O1. The van der Waals surface area contributed by atoms with E-state index in [2.05, 4.69) is 6.58 Å². The lowest BCUT2D eigenvalue weighted by Gasteiger charge is -2.28. The van der Waals surface area contributed by atoms with Crippen LogP contribution in [0.2, 0.25) is 0 Å². The van der Waals surface area contributed by atoms with Gasteiger partial charge in [-0.1, -0.05) is 6.08 Å². The number of hydrogen-bond acceptors (Lipinski definition) is 4. The molecule has 0 radical (unpaired) electrons. The molecular formula is C11H18O4. The molecule has 0 amide bonds. The topological polar surface area (TPSA) is 55.8 Å². The number of methoxy groups -OCH3 is 1. The Morgan fingerprint density at radius 3 is 2.73 bits per heavy atom. The molecule has 4 nitrogen and oxygen atoms in total.